The van der Waals surface area contributed by atoms with Gasteiger partial charge in [-0.3, -0.25) is 9.59 Å². The zero-order valence-corrected chi connectivity index (χ0v) is 16.6. The summed E-state index contributed by atoms with van der Waals surface area (Å²) in [5, 5.41) is 3.76. The number of benzene rings is 1. The van der Waals surface area contributed by atoms with E-state index in [0.29, 0.717) is 24.0 Å². The number of nitrogens with one attached hydrogen (secondary N) is 2. The van der Waals surface area contributed by atoms with E-state index in [0.717, 1.165) is 34.9 Å². The van der Waals surface area contributed by atoms with E-state index in [2.05, 4.69) is 22.2 Å². The molecule has 2 amide bonds. The summed E-state index contributed by atoms with van der Waals surface area (Å²) >= 11 is 0. The Morgan fingerprint density at radius 1 is 1.28 bits per heavy atom. The van der Waals surface area contributed by atoms with E-state index in [1.54, 1.807) is 17.9 Å². The van der Waals surface area contributed by atoms with Gasteiger partial charge < -0.3 is 20.9 Å². The van der Waals surface area contributed by atoms with Crippen LogP contribution in [0.5, 0.6) is 0 Å². The normalized spacial score (nSPS) is 19.3. The molecule has 1 aromatic carbocycles. The highest BCUT2D eigenvalue weighted by Gasteiger charge is 2.35. The van der Waals surface area contributed by atoms with Crippen molar-refractivity contribution < 1.29 is 9.59 Å². The van der Waals surface area contributed by atoms with Crippen LogP contribution in [0.15, 0.2) is 42.7 Å². The predicted octanol–water partition coefficient (Wildman–Crippen LogP) is 3.39. The van der Waals surface area contributed by atoms with Crippen molar-refractivity contribution in [2.45, 2.75) is 32.7 Å². The second-order valence-electron chi connectivity index (χ2n) is 7.82. The van der Waals surface area contributed by atoms with E-state index >= 15 is 0 Å². The topological polar surface area (TPSA) is 104 Å². The molecule has 2 aromatic heterocycles. The Balaban J connectivity index is 1.61. The molecular formula is C22H25N5O2. The number of pyridine rings is 1. The lowest BCUT2D eigenvalue weighted by molar-refractivity contribution is -0.146. The van der Waals surface area contributed by atoms with Crippen molar-refractivity contribution in [2.24, 2.45) is 5.92 Å². The number of piperidine rings is 1. The molecule has 4 N–H and O–H groups in total. The molecular weight excluding hydrogens is 366 g/mol. The number of H-pyrrole nitrogens is 1. The van der Waals surface area contributed by atoms with Crippen molar-refractivity contribution in [3.63, 3.8) is 0 Å². The first-order chi connectivity index (χ1) is 13.9. The summed E-state index contributed by atoms with van der Waals surface area (Å²) in [5.41, 5.74) is 9.04. The number of fused-ring (bicyclic) bond motifs is 1. The molecule has 29 heavy (non-hydrogen) atoms. The number of amides is 2. The average molecular weight is 391 g/mol. The second-order valence-corrected chi connectivity index (χ2v) is 7.82. The molecule has 1 saturated heterocycles. The van der Waals surface area contributed by atoms with Gasteiger partial charge in [0.05, 0.1) is 17.9 Å². The first-order valence-corrected chi connectivity index (χ1v) is 9.84. The molecule has 0 unspecified atom stereocenters. The zero-order chi connectivity index (χ0) is 20.5. The Morgan fingerprint density at radius 3 is 2.90 bits per heavy atom. The van der Waals surface area contributed by atoms with Gasteiger partial charge in [0.1, 0.15) is 5.82 Å². The predicted molar refractivity (Wildman–Crippen MR) is 113 cm³/mol. The van der Waals surface area contributed by atoms with Gasteiger partial charge in [0.2, 0.25) is 0 Å². The van der Waals surface area contributed by atoms with Crippen LogP contribution in [-0.4, -0.2) is 33.2 Å². The largest absolute Gasteiger partial charge is 0.383 e. The van der Waals surface area contributed by atoms with Crippen LogP contribution in [0.3, 0.4) is 0 Å². The third-order valence-electron chi connectivity index (χ3n) is 5.64. The number of nitrogen functional groups attached to an aromatic ring is 1. The minimum absolute atomic E-state index is 0.129. The molecule has 3 heterocycles. The third-order valence-corrected chi connectivity index (χ3v) is 5.64. The molecule has 4 rings (SSSR count). The number of hydrogen-bond donors (Lipinski definition) is 3. The number of carbonyl (C=O) groups excluding carboxylic acids is 2. The molecule has 1 aliphatic rings. The van der Waals surface area contributed by atoms with Gasteiger partial charge in [-0.25, -0.2) is 4.98 Å². The fourth-order valence-electron chi connectivity index (χ4n) is 4.07. The summed E-state index contributed by atoms with van der Waals surface area (Å²) in [6.07, 6.45) is 5.20. The molecule has 2 atom stereocenters. The van der Waals surface area contributed by atoms with E-state index < -0.39 is 11.8 Å². The number of rotatable bonds is 2. The number of nitrogens with zero attached hydrogens (tertiary/aromatic N) is 2. The van der Waals surface area contributed by atoms with Crippen molar-refractivity contribution in [3.8, 4) is 0 Å². The van der Waals surface area contributed by atoms with Crippen molar-refractivity contribution in [1.82, 2.24) is 14.9 Å². The Hall–Kier alpha value is -3.35. The quantitative estimate of drug-likeness (QED) is 0.583. The first-order valence-electron chi connectivity index (χ1n) is 9.84. The van der Waals surface area contributed by atoms with E-state index in [1.165, 1.54) is 6.20 Å². The highest BCUT2D eigenvalue weighted by molar-refractivity contribution is 6.39. The fourth-order valence-corrected chi connectivity index (χ4v) is 4.07. The average Bonchev–Trinajstić information content (AvgIpc) is 3.19. The summed E-state index contributed by atoms with van der Waals surface area (Å²) in [4.78, 5) is 34.8. The van der Waals surface area contributed by atoms with E-state index in [1.807, 2.05) is 30.5 Å². The Morgan fingerprint density at radius 2 is 2.10 bits per heavy atom. The molecule has 1 aliphatic heterocycles. The minimum atomic E-state index is -0.656. The van der Waals surface area contributed by atoms with E-state index in [-0.39, 0.29) is 6.04 Å². The maximum absolute atomic E-state index is 13.1. The number of aromatic amines is 1. The Labute approximate surface area is 169 Å². The molecule has 0 bridgehead atoms. The summed E-state index contributed by atoms with van der Waals surface area (Å²) in [6.45, 7) is 4.47. The lowest BCUT2D eigenvalue weighted by Gasteiger charge is -2.38. The van der Waals surface area contributed by atoms with Crippen molar-refractivity contribution >= 4 is 34.2 Å². The van der Waals surface area contributed by atoms with Gasteiger partial charge in [-0.15, -0.1) is 0 Å². The van der Waals surface area contributed by atoms with Gasteiger partial charge in [-0.2, -0.15) is 0 Å². The van der Waals surface area contributed by atoms with Crippen LogP contribution in [0.25, 0.3) is 10.9 Å². The van der Waals surface area contributed by atoms with Crippen LogP contribution in [0.1, 0.15) is 36.9 Å². The molecule has 7 nitrogen and oxygen atoms in total. The van der Waals surface area contributed by atoms with E-state index in [9.17, 15) is 9.59 Å². The number of aromatic nitrogens is 2. The van der Waals surface area contributed by atoms with Gasteiger partial charge in [0, 0.05) is 23.6 Å². The minimum Gasteiger partial charge on any atom is -0.383 e. The standard InChI is InChI=1S/C22H25N5O2/c1-13-6-7-19(17-4-3-5-18-16(17)8-9-24-18)27(12-13)22(29)21(28)26-15-10-14(2)20(23)25-11-15/h3-5,8-11,13,19,24H,6-7,12H2,1-2H3,(H2,23,25)(H,26,28)/t13-,19+/m0/s1. The van der Waals surface area contributed by atoms with Crippen LogP contribution in [0, 0.1) is 12.8 Å². The monoisotopic (exact) mass is 391 g/mol. The number of aryl methyl sites for hydroxylation is 1. The maximum Gasteiger partial charge on any atom is 0.313 e. The first kappa shape index (κ1) is 19.0. The molecule has 0 radical (unpaired) electrons. The van der Waals surface area contributed by atoms with Gasteiger partial charge in [-0.1, -0.05) is 19.1 Å². The van der Waals surface area contributed by atoms with Crippen molar-refractivity contribution in [1.29, 1.82) is 0 Å². The van der Waals surface area contributed by atoms with Gasteiger partial charge in [-0.05, 0) is 55.0 Å². The van der Waals surface area contributed by atoms with Crippen molar-refractivity contribution in [3.05, 3.63) is 53.9 Å². The lowest BCUT2D eigenvalue weighted by atomic mass is 9.88. The molecule has 7 heteroatoms. The van der Waals surface area contributed by atoms with Crippen LogP contribution in [0.4, 0.5) is 11.5 Å². The van der Waals surface area contributed by atoms with Crippen LogP contribution in [-0.2, 0) is 9.59 Å². The van der Waals surface area contributed by atoms with Gasteiger partial charge in [0.15, 0.2) is 0 Å². The van der Waals surface area contributed by atoms with Crippen LogP contribution < -0.4 is 11.1 Å². The third kappa shape index (κ3) is 3.68. The number of likely N-dealkylation sites (tertiary alicyclic amines) is 1. The molecule has 3 aromatic rings. The highest BCUT2D eigenvalue weighted by Crippen LogP contribution is 2.36. The number of hydrogen-bond acceptors (Lipinski definition) is 4. The Kier molecular flexibility index (Phi) is 4.96. The smallest absolute Gasteiger partial charge is 0.313 e. The molecule has 0 saturated carbocycles. The molecule has 0 spiro atoms. The summed E-state index contributed by atoms with van der Waals surface area (Å²) in [5.74, 6) is -0.437. The SMILES string of the molecule is Cc1cc(NC(=O)C(=O)N2C[C@@H](C)CC[C@@H]2c2cccc3[nH]ccc23)cnc1N. The van der Waals surface area contributed by atoms with Crippen molar-refractivity contribution in [2.75, 3.05) is 17.6 Å². The zero-order valence-electron chi connectivity index (χ0n) is 16.6. The summed E-state index contributed by atoms with van der Waals surface area (Å²) in [7, 11) is 0. The maximum atomic E-state index is 13.1. The number of anilines is 2. The summed E-state index contributed by atoms with van der Waals surface area (Å²) in [6, 6.07) is 9.65. The van der Waals surface area contributed by atoms with Gasteiger partial charge >= 0.3 is 11.8 Å². The molecule has 0 aliphatic carbocycles. The number of nitrogens with two attached hydrogens (primary N) is 1. The van der Waals surface area contributed by atoms with Gasteiger partial charge in [0.25, 0.3) is 0 Å². The van der Waals surface area contributed by atoms with Crippen LogP contribution in [0.2, 0.25) is 0 Å². The molecule has 1 fully saturated rings. The summed E-state index contributed by atoms with van der Waals surface area (Å²) < 4.78 is 0. The van der Waals surface area contributed by atoms with E-state index in [4.69, 9.17) is 5.73 Å². The molecule has 150 valence electrons. The fraction of sp³-hybridized carbons (Fsp3) is 0.318. The highest BCUT2D eigenvalue weighted by atomic mass is 16.2. The second kappa shape index (κ2) is 7.58. The lowest BCUT2D eigenvalue weighted by Crippen LogP contribution is -2.46. The Bertz CT molecular complexity index is 1070. The number of carbonyl (C=O) groups is 2. The van der Waals surface area contributed by atoms with Crippen LogP contribution >= 0.6 is 0 Å².